The van der Waals surface area contributed by atoms with Gasteiger partial charge in [-0.2, -0.15) is 0 Å². The van der Waals surface area contributed by atoms with Gasteiger partial charge in [-0.3, -0.25) is 14.2 Å². The van der Waals surface area contributed by atoms with E-state index in [1.54, 1.807) is 31.2 Å². The quantitative estimate of drug-likeness (QED) is 0.297. The van der Waals surface area contributed by atoms with Gasteiger partial charge in [0.2, 0.25) is 11.9 Å². The van der Waals surface area contributed by atoms with Crippen LogP contribution in [-0.4, -0.2) is 33.8 Å². The number of ether oxygens (including phenoxy) is 2. The highest BCUT2D eigenvalue weighted by molar-refractivity contribution is 6.30. The number of amides is 1. The minimum absolute atomic E-state index is 0.119. The fourth-order valence-corrected chi connectivity index (χ4v) is 4.39. The molecule has 1 fully saturated rings. The molecule has 1 aliphatic heterocycles. The van der Waals surface area contributed by atoms with Crippen molar-refractivity contribution in [2.24, 2.45) is 5.92 Å². The number of aryl methyl sites for hydroxylation is 2. The molecule has 2 N–H and O–H groups in total. The van der Waals surface area contributed by atoms with Crippen molar-refractivity contribution in [3.8, 4) is 11.6 Å². The zero-order chi connectivity index (χ0) is 27.4. The fourth-order valence-electron chi connectivity index (χ4n) is 4.27. The van der Waals surface area contributed by atoms with Gasteiger partial charge in [-0.15, -0.1) is 0 Å². The Bertz CT molecular complexity index is 1530. The molecule has 11 heteroatoms. The number of hydrogen-bond acceptors (Lipinski definition) is 8. The van der Waals surface area contributed by atoms with E-state index in [0.717, 1.165) is 11.1 Å². The van der Waals surface area contributed by atoms with Gasteiger partial charge in [0, 0.05) is 35.9 Å². The minimum Gasteiger partial charge on any atom is -0.436 e. The monoisotopic (exact) mass is 549 g/mol. The maximum atomic E-state index is 13.6. The van der Waals surface area contributed by atoms with E-state index in [-0.39, 0.29) is 29.6 Å². The van der Waals surface area contributed by atoms with Gasteiger partial charge in [-0.05, 0) is 73.3 Å². The average molecular weight is 550 g/mol. The number of hydrogen-bond donors (Lipinski definition) is 2. The van der Waals surface area contributed by atoms with Crippen LogP contribution >= 0.6 is 11.6 Å². The standard InChI is InChI=1S/C28H28ClN5O5/c1-17-13-22(7-8-24(17)38-25-14-18(2)39-33-25)31-28-30-15-23(32-26(35)20-9-11-37-12-10-20)27(36)34(28)16-19-3-5-21(29)6-4-19/h3-8,13-15,20H,9-12,16H2,1-2H3,(H,30,31)(H,32,35). The lowest BCUT2D eigenvalue weighted by atomic mass is 9.99. The topological polar surface area (TPSA) is 121 Å². The molecule has 4 aromatic rings. The second-order valence-corrected chi connectivity index (χ2v) is 9.81. The molecule has 2 aromatic carbocycles. The fraction of sp³-hybridized carbons (Fsp3) is 0.286. The summed E-state index contributed by atoms with van der Waals surface area (Å²) >= 11 is 6.05. The van der Waals surface area contributed by atoms with Crippen molar-refractivity contribution in [3.05, 3.63) is 87.0 Å². The van der Waals surface area contributed by atoms with Crippen molar-refractivity contribution >= 4 is 34.8 Å². The predicted octanol–water partition coefficient (Wildman–Crippen LogP) is 5.45. The van der Waals surface area contributed by atoms with E-state index in [9.17, 15) is 9.59 Å². The predicted molar refractivity (Wildman–Crippen MR) is 147 cm³/mol. The van der Waals surface area contributed by atoms with Crippen LogP contribution in [0.1, 0.15) is 29.7 Å². The molecular weight excluding hydrogens is 522 g/mol. The van der Waals surface area contributed by atoms with E-state index < -0.39 is 0 Å². The lowest BCUT2D eigenvalue weighted by Crippen LogP contribution is -2.33. The summed E-state index contributed by atoms with van der Waals surface area (Å²) in [5, 5.41) is 10.5. The summed E-state index contributed by atoms with van der Waals surface area (Å²) in [4.78, 5) is 30.9. The van der Waals surface area contributed by atoms with Crippen LogP contribution in [0.2, 0.25) is 5.02 Å². The van der Waals surface area contributed by atoms with E-state index in [1.165, 1.54) is 10.8 Å². The molecule has 5 rings (SSSR count). The van der Waals surface area contributed by atoms with Crippen molar-refractivity contribution in [2.45, 2.75) is 33.2 Å². The number of benzene rings is 2. The maximum absolute atomic E-state index is 13.6. The van der Waals surface area contributed by atoms with Crippen LogP contribution in [0.3, 0.4) is 0 Å². The van der Waals surface area contributed by atoms with Gasteiger partial charge >= 0.3 is 0 Å². The highest BCUT2D eigenvalue weighted by Crippen LogP contribution is 2.28. The Kier molecular flexibility index (Phi) is 7.94. The summed E-state index contributed by atoms with van der Waals surface area (Å²) in [6.07, 6.45) is 2.62. The van der Waals surface area contributed by atoms with Crippen LogP contribution in [0, 0.1) is 19.8 Å². The minimum atomic E-state index is -0.374. The van der Waals surface area contributed by atoms with Crippen molar-refractivity contribution in [1.29, 1.82) is 0 Å². The number of nitrogens with one attached hydrogen (secondary N) is 2. The van der Waals surface area contributed by atoms with Gasteiger partial charge in [-0.1, -0.05) is 23.7 Å². The van der Waals surface area contributed by atoms with E-state index in [1.807, 2.05) is 31.2 Å². The molecule has 202 valence electrons. The molecule has 3 heterocycles. The number of nitrogens with zero attached hydrogens (tertiary/aromatic N) is 3. The molecule has 0 spiro atoms. The first-order valence-electron chi connectivity index (χ1n) is 12.6. The van der Waals surface area contributed by atoms with Gasteiger partial charge in [0.1, 0.15) is 17.2 Å². The number of carbonyl (C=O) groups is 1. The lowest BCUT2D eigenvalue weighted by molar-refractivity contribution is -0.122. The molecule has 0 saturated carbocycles. The van der Waals surface area contributed by atoms with Crippen LogP contribution in [0.15, 0.2) is 64.0 Å². The first-order valence-corrected chi connectivity index (χ1v) is 13.0. The van der Waals surface area contributed by atoms with Gasteiger partial charge in [0.25, 0.3) is 11.4 Å². The largest absolute Gasteiger partial charge is 0.436 e. The molecule has 1 saturated heterocycles. The third kappa shape index (κ3) is 6.47. The molecule has 10 nitrogen and oxygen atoms in total. The first-order chi connectivity index (χ1) is 18.9. The molecule has 2 aromatic heterocycles. The first kappa shape index (κ1) is 26.5. The Hall–Kier alpha value is -4.15. The van der Waals surface area contributed by atoms with E-state index in [2.05, 4.69) is 20.8 Å². The normalized spacial score (nSPS) is 13.7. The Morgan fingerprint density at radius 3 is 2.59 bits per heavy atom. The molecule has 0 bridgehead atoms. The van der Waals surface area contributed by atoms with Gasteiger partial charge in [-0.25, -0.2) is 4.98 Å². The summed E-state index contributed by atoms with van der Waals surface area (Å²) in [5.74, 6) is 1.55. The Morgan fingerprint density at radius 2 is 1.90 bits per heavy atom. The molecule has 0 radical (unpaired) electrons. The number of carbonyl (C=O) groups excluding carboxylic acids is 1. The summed E-state index contributed by atoms with van der Waals surface area (Å²) in [6, 6.07) is 14.4. The molecular formula is C28H28ClN5O5. The van der Waals surface area contributed by atoms with Crippen molar-refractivity contribution in [3.63, 3.8) is 0 Å². The molecule has 39 heavy (non-hydrogen) atoms. The molecule has 1 amide bonds. The van der Waals surface area contributed by atoms with Crippen molar-refractivity contribution in [2.75, 3.05) is 23.8 Å². The van der Waals surface area contributed by atoms with Crippen LogP contribution in [0.25, 0.3) is 0 Å². The number of aromatic nitrogens is 3. The molecule has 1 aliphatic rings. The smallest absolute Gasteiger partial charge is 0.279 e. The van der Waals surface area contributed by atoms with Gasteiger partial charge in [0.15, 0.2) is 0 Å². The molecule has 0 aliphatic carbocycles. The van der Waals surface area contributed by atoms with Crippen LogP contribution in [-0.2, 0) is 16.1 Å². The Balaban J connectivity index is 1.42. The zero-order valence-corrected chi connectivity index (χ0v) is 22.3. The lowest BCUT2D eigenvalue weighted by Gasteiger charge is -2.21. The SMILES string of the molecule is Cc1cc(Oc2ccc(Nc3ncc(NC(=O)C4CCOCC4)c(=O)n3Cc3ccc(Cl)cc3)cc2C)no1. The maximum Gasteiger partial charge on any atom is 0.279 e. The highest BCUT2D eigenvalue weighted by atomic mass is 35.5. The number of anilines is 3. The highest BCUT2D eigenvalue weighted by Gasteiger charge is 2.23. The second-order valence-electron chi connectivity index (χ2n) is 9.37. The van der Waals surface area contributed by atoms with Gasteiger partial charge < -0.3 is 24.6 Å². The Morgan fingerprint density at radius 1 is 1.13 bits per heavy atom. The zero-order valence-electron chi connectivity index (χ0n) is 21.6. The average Bonchev–Trinajstić information content (AvgIpc) is 3.35. The van der Waals surface area contributed by atoms with Crippen molar-refractivity contribution < 1.29 is 18.8 Å². The van der Waals surface area contributed by atoms with E-state index in [0.29, 0.717) is 60.1 Å². The van der Waals surface area contributed by atoms with Crippen LogP contribution < -0.4 is 20.9 Å². The number of halogens is 1. The van der Waals surface area contributed by atoms with Crippen molar-refractivity contribution in [1.82, 2.24) is 14.7 Å². The summed E-state index contributed by atoms with van der Waals surface area (Å²) in [7, 11) is 0. The van der Waals surface area contributed by atoms with Gasteiger partial charge in [0.05, 0.1) is 12.7 Å². The number of rotatable bonds is 8. The summed E-state index contributed by atoms with van der Waals surface area (Å²) in [6.45, 7) is 4.97. The van der Waals surface area contributed by atoms with E-state index in [4.69, 9.17) is 25.6 Å². The Labute approximate surface area is 229 Å². The molecule has 0 unspecified atom stereocenters. The molecule has 0 atom stereocenters. The van der Waals surface area contributed by atoms with Crippen LogP contribution in [0.5, 0.6) is 11.6 Å². The third-order valence-electron chi connectivity index (χ3n) is 6.40. The summed E-state index contributed by atoms with van der Waals surface area (Å²) < 4.78 is 17.7. The van der Waals surface area contributed by atoms with Crippen LogP contribution in [0.4, 0.5) is 17.3 Å². The second kappa shape index (κ2) is 11.7. The van der Waals surface area contributed by atoms with E-state index >= 15 is 0 Å². The third-order valence-corrected chi connectivity index (χ3v) is 6.65. The summed E-state index contributed by atoms with van der Waals surface area (Å²) in [5.41, 5.74) is 2.14.